The summed E-state index contributed by atoms with van der Waals surface area (Å²) in [5.74, 6) is 1.61. The first-order chi connectivity index (χ1) is 8.83. The predicted octanol–water partition coefficient (Wildman–Crippen LogP) is 2.98. The number of hydrogen-bond donors (Lipinski definition) is 1. The molecule has 0 aliphatic rings. The van der Waals surface area contributed by atoms with Gasteiger partial charge in [-0.05, 0) is 30.7 Å². The first-order valence-corrected chi connectivity index (χ1v) is 6.22. The van der Waals surface area contributed by atoms with Gasteiger partial charge in [0.15, 0.2) is 5.76 Å². The van der Waals surface area contributed by atoms with Crippen molar-refractivity contribution < 1.29 is 9.26 Å². The Morgan fingerprint density at radius 3 is 2.67 bits per heavy atom. The molecule has 1 heterocycles. The van der Waals surface area contributed by atoms with Gasteiger partial charge in [0.2, 0.25) is 0 Å². The van der Waals surface area contributed by atoms with E-state index in [1.807, 2.05) is 30.3 Å². The number of ether oxygens (including phenoxy) is 1. The highest BCUT2D eigenvalue weighted by atomic mass is 16.5. The third-order valence-corrected chi connectivity index (χ3v) is 2.67. The second kappa shape index (κ2) is 6.21. The summed E-state index contributed by atoms with van der Waals surface area (Å²) in [6.07, 6.45) is 2.21. The minimum atomic E-state index is 0.391. The molecule has 0 saturated carbocycles. The second-order valence-corrected chi connectivity index (χ2v) is 4.11. The minimum absolute atomic E-state index is 0.391. The molecule has 0 aliphatic heterocycles. The number of unbranched alkanes of at least 4 members (excludes halogenated alkanes) is 1. The van der Waals surface area contributed by atoms with Crippen LogP contribution >= 0.6 is 0 Å². The van der Waals surface area contributed by atoms with Crippen LogP contribution in [0.4, 0.5) is 0 Å². The third-order valence-electron chi connectivity index (χ3n) is 2.67. The van der Waals surface area contributed by atoms with Crippen molar-refractivity contribution in [1.82, 2.24) is 5.16 Å². The van der Waals surface area contributed by atoms with Gasteiger partial charge in [-0.1, -0.05) is 18.5 Å². The average Bonchev–Trinajstić information content (AvgIpc) is 2.89. The Balaban J connectivity index is 2.02. The summed E-state index contributed by atoms with van der Waals surface area (Å²) in [7, 11) is 0. The van der Waals surface area contributed by atoms with E-state index in [0.717, 1.165) is 42.2 Å². The van der Waals surface area contributed by atoms with Crippen LogP contribution < -0.4 is 10.5 Å². The molecule has 2 aromatic rings. The van der Waals surface area contributed by atoms with E-state index in [1.54, 1.807) is 0 Å². The lowest BCUT2D eigenvalue weighted by molar-refractivity contribution is 0.309. The quantitative estimate of drug-likeness (QED) is 0.796. The number of benzene rings is 1. The molecular weight excluding hydrogens is 228 g/mol. The van der Waals surface area contributed by atoms with Crippen LogP contribution in [0.25, 0.3) is 11.3 Å². The van der Waals surface area contributed by atoms with Crippen LogP contribution in [0, 0.1) is 0 Å². The molecule has 0 fully saturated rings. The molecule has 0 saturated heterocycles. The van der Waals surface area contributed by atoms with Gasteiger partial charge < -0.3 is 15.0 Å². The maximum Gasteiger partial charge on any atom is 0.167 e. The summed E-state index contributed by atoms with van der Waals surface area (Å²) >= 11 is 0. The molecule has 18 heavy (non-hydrogen) atoms. The average molecular weight is 246 g/mol. The molecule has 2 N–H and O–H groups in total. The van der Waals surface area contributed by atoms with Crippen molar-refractivity contribution in [1.29, 1.82) is 0 Å². The SMILES string of the molecule is CCCCOc1ccc(-c2cc(CN)no2)cc1. The van der Waals surface area contributed by atoms with Gasteiger partial charge in [-0.15, -0.1) is 0 Å². The van der Waals surface area contributed by atoms with Gasteiger partial charge >= 0.3 is 0 Å². The van der Waals surface area contributed by atoms with Crippen molar-refractivity contribution in [3.63, 3.8) is 0 Å². The zero-order valence-corrected chi connectivity index (χ0v) is 10.6. The Hall–Kier alpha value is -1.81. The molecule has 0 bridgehead atoms. The maximum absolute atomic E-state index is 5.60. The summed E-state index contributed by atoms with van der Waals surface area (Å²) in [6.45, 7) is 3.29. The molecule has 1 aromatic heterocycles. The zero-order chi connectivity index (χ0) is 12.8. The highest BCUT2D eigenvalue weighted by Gasteiger charge is 2.05. The van der Waals surface area contributed by atoms with E-state index in [2.05, 4.69) is 12.1 Å². The van der Waals surface area contributed by atoms with Gasteiger partial charge in [-0.2, -0.15) is 0 Å². The van der Waals surface area contributed by atoms with Crippen LogP contribution in [0.2, 0.25) is 0 Å². The van der Waals surface area contributed by atoms with Crippen LogP contribution in [-0.4, -0.2) is 11.8 Å². The Bertz CT molecular complexity index is 477. The van der Waals surface area contributed by atoms with E-state index in [0.29, 0.717) is 6.54 Å². The first kappa shape index (κ1) is 12.6. The Labute approximate surface area is 107 Å². The normalized spacial score (nSPS) is 10.6. The Morgan fingerprint density at radius 2 is 2.06 bits per heavy atom. The Morgan fingerprint density at radius 1 is 1.28 bits per heavy atom. The highest BCUT2D eigenvalue weighted by Crippen LogP contribution is 2.23. The summed E-state index contributed by atoms with van der Waals surface area (Å²) in [4.78, 5) is 0. The monoisotopic (exact) mass is 246 g/mol. The molecule has 96 valence electrons. The van der Waals surface area contributed by atoms with Crippen LogP contribution in [-0.2, 0) is 6.54 Å². The van der Waals surface area contributed by atoms with Crippen LogP contribution in [0.15, 0.2) is 34.9 Å². The van der Waals surface area contributed by atoms with E-state index in [-0.39, 0.29) is 0 Å². The van der Waals surface area contributed by atoms with Crippen molar-refractivity contribution in [3.05, 3.63) is 36.0 Å². The van der Waals surface area contributed by atoms with Gasteiger partial charge in [0.05, 0.1) is 12.3 Å². The summed E-state index contributed by atoms with van der Waals surface area (Å²) in [5, 5.41) is 3.86. The zero-order valence-electron chi connectivity index (χ0n) is 10.6. The predicted molar refractivity (Wildman–Crippen MR) is 70.2 cm³/mol. The number of rotatable bonds is 6. The fourth-order valence-corrected chi connectivity index (χ4v) is 1.59. The minimum Gasteiger partial charge on any atom is -0.494 e. The van der Waals surface area contributed by atoms with Crippen molar-refractivity contribution in [3.8, 4) is 17.1 Å². The van der Waals surface area contributed by atoms with Gasteiger partial charge in [0.25, 0.3) is 0 Å². The van der Waals surface area contributed by atoms with E-state index in [1.165, 1.54) is 0 Å². The number of nitrogens with two attached hydrogens (primary N) is 1. The van der Waals surface area contributed by atoms with Gasteiger partial charge in [-0.25, -0.2) is 0 Å². The summed E-state index contributed by atoms with van der Waals surface area (Å²) < 4.78 is 10.8. The van der Waals surface area contributed by atoms with E-state index >= 15 is 0 Å². The van der Waals surface area contributed by atoms with Gasteiger partial charge in [-0.3, -0.25) is 0 Å². The maximum atomic E-state index is 5.60. The topological polar surface area (TPSA) is 61.3 Å². The molecule has 1 aromatic carbocycles. The lowest BCUT2D eigenvalue weighted by Gasteiger charge is -2.05. The lowest BCUT2D eigenvalue weighted by atomic mass is 10.1. The van der Waals surface area contributed by atoms with Crippen LogP contribution in [0.5, 0.6) is 5.75 Å². The van der Waals surface area contributed by atoms with E-state index in [9.17, 15) is 0 Å². The highest BCUT2D eigenvalue weighted by molar-refractivity contribution is 5.58. The molecule has 0 aliphatic carbocycles. The molecule has 4 nitrogen and oxygen atoms in total. The van der Waals surface area contributed by atoms with Gasteiger partial charge in [0.1, 0.15) is 5.75 Å². The van der Waals surface area contributed by atoms with Crippen LogP contribution in [0.3, 0.4) is 0 Å². The molecule has 0 radical (unpaired) electrons. The van der Waals surface area contributed by atoms with E-state index < -0.39 is 0 Å². The molecule has 4 heteroatoms. The molecular formula is C14H18N2O2. The molecule has 2 rings (SSSR count). The van der Waals surface area contributed by atoms with Crippen molar-refractivity contribution in [2.24, 2.45) is 5.73 Å². The number of aromatic nitrogens is 1. The molecule has 0 amide bonds. The standard InChI is InChI=1S/C14H18N2O2/c1-2-3-8-17-13-6-4-11(5-7-13)14-9-12(10-15)16-18-14/h4-7,9H,2-3,8,10,15H2,1H3. The molecule has 0 spiro atoms. The molecule has 0 atom stereocenters. The lowest BCUT2D eigenvalue weighted by Crippen LogP contribution is -1.95. The Kier molecular flexibility index (Phi) is 4.36. The summed E-state index contributed by atoms with van der Waals surface area (Å²) in [5.41, 5.74) is 7.23. The number of hydrogen-bond acceptors (Lipinski definition) is 4. The molecule has 0 unspecified atom stereocenters. The smallest absolute Gasteiger partial charge is 0.167 e. The van der Waals surface area contributed by atoms with Crippen molar-refractivity contribution >= 4 is 0 Å². The fraction of sp³-hybridized carbons (Fsp3) is 0.357. The number of nitrogens with zero attached hydrogens (tertiary/aromatic N) is 1. The van der Waals surface area contributed by atoms with E-state index in [4.69, 9.17) is 15.0 Å². The van der Waals surface area contributed by atoms with Crippen molar-refractivity contribution in [2.45, 2.75) is 26.3 Å². The van der Waals surface area contributed by atoms with Gasteiger partial charge in [0, 0.05) is 18.2 Å². The second-order valence-electron chi connectivity index (χ2n) is 4.11. The van der Waals surface area contributed by atoms with Crippen LogP contribution in [0.1, 0.15) is 25.5 Å². The third kappa shape index (κ3) is 3.11. The van der Waals surface area contributed by atoms with Crippen molar-refractivity contribution in [2.75, 3.05) is 6.61 Å². The summed E-state index contributed by atoms with van der Waals surface area (Å²) in [6, 6.07) is 9.66. The fourth-order valence-electron chi connectivity index (χ4n) is 1.59. The first-order valence-electron chi connectivity index (χ1n) is 6.22. The largest absolute Gasteiger partial charge is 0.494 e.